The van der Waals surface area contributed by atoms with Crippen molar-refractivity contribution in [2.45, 2.75) is 97.4 Å². The van der Waals surface area contributed by atoms with Gasteiger partial charge in [0, 0.05) is 39.7 Å². The fraction of sp³-hybridized carbons (Fsp3) is 0.548. The van der Waals surface area contributed by atoms with Crippen LogP contribution in [0, 0.1) is 11.8 Å². The van der Waals surface area contributed by atoms with Gasteiger partial charge in [-0.25, -0.2) is 9.59 Å². The van der Waals surface area contributed by atoms with Gasteiger partial charge in [0.2, 0.25) is 0 Å². The number of unbranched alkanes of at least 4 members (excludes halogenated alkanes) is 2. The number of esters is 6. The van der Waals surface area contributed by atoms with Gasteiger partial charge in [0.1, 0.15) is 18.8 Å². The molecule has 0 radical (unpaired) electrons. The van der Waals surface area contributed by atoms with Crippen LogP contribution < -0.4 is 0 Å². The Morgan fingerprint density at radius 2 is 1.61 bits per heavy atom. The zero-order valence-corrected chi connectivity index (χ0v) is 25.7. The van der Waals surface area contributed by atoms with E-state index in [1.54, 1.807) is 18.2 Å². The lowest BCUT2D eigenvalue weighted by molar-refractivity contribution is -0.312. The first-order valence-electron chi connectivity index (χ1n) is 14.1. The summed E-state index contributed by atoms with van der Waals surface area (Å²) in [6, 6.07) is 6.29. The summed E-state index contributed by atoms with van der Waals surface area (Å²) in [6.07, 6.45) is -4.46. The minimum absolute atomic E-state index is 0.00270. The highest BCUT2D eigenvalue weighted by atomic mass is 16.8. The molecule has 0 aliphatic carbocycles. The van der Waals surface area contributed by atoms with Crippen molar-refractivity contribution in [3.63, 3.8) is 0 Å². The highest BCUT2D eigenvalue weighted by Gasteiger charge is 2.60. The fourth-order valence-electron chi connectivity index (χ4n) is 4.36. The number of ether oxygens (including phenoxy) is 7. The molecule has 13 nitrogen and oxygen atoms in total. The third-order valence-electron chi connectivity index (χ3n) is 6.11. The second-order valence-corrected chi connectivity index (χ2v) is 9.77. The third kappa shape index (κ3) is 10.4. The molecule has 1 aromatic carbocycles. The Hall–Kier alpha value is -4.44. The Balaban J connectivity index is 2.69. The van der Waals surface area contributed by atoms with Gasteiger partial charge in [-0.15, -0.1) is 0 Å². The molecular formula is C31H38O13. The number of rotatable bonds is 12. The van der Waals surface area contributed by atoms with E-state index in [1.165, 1.54) is 13.0 Å². The second-order valence-electron chi connectivity index (χ2n) is 9.77. The van der Waals surface area contributed by atoms with Crippen LogP contribution in [0.2, 0.25) is 0 Å². The molecule has 1 aromatic rings. The SMILES string of the molecule is CCCCC#Cc1ccccc1C(=O)O[C@@]1(C(=O)OCC)C[C@@H](OC(C)=O)[C@@H](OC(C)=O)[C@H]([C@@H](COC(C)=O)OC(C)=O)O1. The highest BCUT2D eigenvalue weighted by molar-refractivity contribution is 5.94. The van der Waals surface area contributed by atoms with Crippen molar-refractivity contribution in [3.8, 4) is 11.8 Å². The van der Waals surface area contributed by atoms with Gasteiger partial charge >= 0.3 is 41.6 Å². The van der Waals surface area contributed by atoms with Crippen LogP contribution in [0.4, 0.5) is 0 Å². The molecule has 5 atom stereocenters. The van der Waals surface area contributed by atoms with Crippen LogP contribution in [0.15, 0.2) is 24.3 Å². The monoisotopic (exact) mass is 618 g/mol. The second kappa shape index (κ2) is 17.0. The molecular weight excluding hydrogens is 580 g/mol. The first kappa shape index (κ1) is 35.8. The maximum atomic E-state index is 13.7. The number of carbonyl (C=O) groups is 6. The minimum Gasteiger partial charge on any atom is -0.462 e. The summed E-state index contributed by atoms with van der Waals surface area (Å²) in [5.41, 5.74) is 0.324. The van der Waals surface area contributed by atoms with Gasteiger partial charge in [0.25, 0.3) is 0 Å². The molecule has 0 bridgehead atoms. The van der Waals surface area contributed by atoms with Crippen molar-refractivity contribution >= 4 is 35.8 Å². The van der Waals surface area contributed by atoms with E-state index in [2.05, 4.69) is 11.8 Å². The smallest absolute Gasteiger partial charge is 0.379 e. The molecule has 0 spiro atoms. The van der Waals surface area contributed by atoms with E-state index in [0.29, 0.717) is 12.0 Å². The molecule has 0 unspecified atom stereocenters. The first-order chi connectivity index (χ1) is 20.8. The predicted octanol–water partition coefficient (Wildman–Crippen LogP) is 2.79. The molecule has 1 fully saturated rings. The fourth-order valence-corrected chi connectivity index (χ4v) is 4.36. The zero-order chi connectivity index (χ0) is 32.9. The molecule has 1 saturated heterocycles. The lowest BCUT2D eigenvalue weighted by atomic mass is 9.91. The van der Waals surface area contributed by atoms with Gasteiger partial charge < -0.3 is 33.2 Å². The molecule has 13 heteroatoms. The Morgan fingerprint density at radius 1 is 0.932 bits per heavy atom. The molecule has 0 saturated carbocycles. The number of hydrogen-bond donors (Lipinski definition) is 0. The minimum atomic E-state index is -2.61. The molecule has 1 aliphatic heterocycles. The van der Waals surface area contributed by atoms with Crippen molar-refractivity contribution in [2.75, 3.05) is 13.2 Å². The Bertz CT molecular complexity index is 1280. The number of benzene rings is 1. The normalized spacial score (nSPS) is 21.4. The van der Waals surface area contributed by atoms with Gasteiger partial charge in [0.05, 0.1) is 18.6 Å². The van der Waals surface area contributed by atoms with E-state index in [-0.39, 0.29) is 12.2 Å². The largest absolute Gasteiger partial charge is 0.462 e. The first-order valence-corrected chi connectivity index (χ1v) is 14.1. The van der Waals surface area contributed by atoms with Gasteiger partial charge in [-0.3, -0.25) is 19.2 Å². The Labute approximate surface area is 255 Å². The molecule has 240 valence electrons. The van der Waals surface area contributed by atoms with Crippen molar-refractivity contribution < 1.29 is 61.9 Å². The molecule has 2 rings (SSSR count). The van der Waals surface area contributed by atoms with Crippen LogP contribution in [0.3, 0.4) is 0 Å². The summed E-state index contributed by atoms with van der Waals surface area (Å²) in [5, 5.41) is 0. The standard InChI is InChI=1S/C31H38O13/c1-7-9-10-11-14-23-15-12-13-16-24(23)29(36)44-31(30(37)38-8-2)17-25(40-20(4)33)27(42-22(6)35)28(43-31)26(41-21(5)34)18-39-19(3)32/h12-13,15-16,25-28H,7-10,17-18H2,1-6H3/t25-,26-,27-,28+,31-/m1/s1. The van der Waals surface area contributed by atoms with Crippen molar-refractivity contribution in [1.29, 1.82) is 0 Å². The van der Waals surface area contributed by atoms with Crippen LogP contribution in [-0.4, -0.2) is 79.2 Å². The molecule has 1 heterocycles. The average Bonchev–Trinajstić information content (AvgIpc) is 2.94. The van der Waals surface area contributed by atoms with Crippen LogP contribution in [0.5, 0.6) is 0 Å². The molecule has 44 heavy (non-hydrogen) atoms. The third-order valence-corrected chi connectivity index (χ3v) is 6.11. The summed E-state index contributed by atoms with van der Waals surface area (Å²) in [4.78, 5) is 75.2. The lowest BCUT2D eigenvalue weighted by Gasteiger charge is -2.46. The van der Waals surface area contributed by atoms with Gasteiger partial charge in [-0.1, -0.05) is 37.3 Å². The molecule has 0 aromatic heterocycles. The summed E-state index contributed by atoms with van der Waals surface area (Å²) in [5.74, 6) is -2.18. The maximum absolute atomic E-state index is 13.7. The Morgan fingerprint density at radius 3 is 2.20 bits per heavy atom. The number of carbonyl (C=O) groups excluding carboxylic acids is 6. The van der Waals surface area contributed by atoms with Crippen LogP contribution >= 0.6 is 0 Å². The summed E-state index contributed by atoms with van der Waals surface area (Å²) in [6.45, 7) is 7.04. The van der Waals surface area contributed by atoms with Crippen molar-refractivity contribution in [2.24, 2.45) is 0 Å². The van der Waals surface area contributed by atoms with Gasteiger partial charge in [-0.2, -0.15) is 0 Å². The maximum Gasteiger partial charge on any atom is 0.379 e. The zero-order valence-electron chi connectivity index (χ0n) is 25.7. The summed E-state index contributed by atoms with van der Waals surface area (Å²) in [7, 11) is 0. The lowest BCUT2D eigenvalue weighted by Crippen LogP contribution is -2.65. The highest BCUT2D eigenvalue weighted by Crippen LogP contribution is 2.38. The van der Waals surface area contributed by atoms with E-state index < -0.39 is 79.0 Å². The van der Waals surface area contributed by atoms with E-state index >= 15 is 0 Å². The summed E-state index contributed by atoms with van der Waals surface area (Å²) < 4.78 is 38.2. The van der Waals surface area contributed by atoms with E-state index in [4.69, 9.17) is 33.2 Å². The van der Waals surface area contributed by atoms with Gasteiger partial charge in [-0.05, 0) is 25.5 Å². The molecule has 0 amide bonds. The quantitative estimate of drug-likeness (QED) is 0.145. The average molecular weight is 619 g/mol. The van der Waals surface area contributed by atoms with Gasteiger partial charge in [0.15, 0.2) is 12.2 Å². The Kier molecular flexibility index (Phi) is 13.8. The molecule has 0 N–H and O–H groups in total. The predicted molar refractivity (Wildman–Crippen MR) is 150 cm³/mol. The van der Waals surface area contributed by atoms with Crippen molar-refractivity contribution in [3.05, 3.63) is 35.4 Å². The van der Waals surface area contributed by atoms with Crippen LogP contribution in [-0.2, 0) is 57.1 Å². The topological polar surface area (TPSA) is 167 Å². The van der Waals surface area contributed by atoms with E-state index in [1.807, 2.05) is 6.92 Å². The van der Waals surface area contributed by atoms with Crippen LogP contribution in [0.25, 0.3) is 0 Å². The van der Waals surface area contributed by atoms with Crippen LogP contribution in [0.1, 0.15) is 83.1 Å². The number of hydrogen-bond acceptors (Lipinski definition) is 13. The van der Waals surface area contributed by atoms with E-state index in [0.717, 1.165) is 40.5 Å². The van der Waals surface area contributed by atoms with Crippen molar-refractivity contribution in [1.82, 2.24) is 0 Å². The van der Waals surface area contributed by atoms with E-state index in [9.17, 15) is 28.8 Å². The summed E-state index contributed by atoms with van der Waals surface area (Å²) >= 11 is 0. The molecule has 1 aliphatic rings.